The van der Waals surface area contributed by atoms with E-state index in [0.717, 1.165) is 11.0 Å². The second-order valence-electron chi connectivity index (χ2n) is 3.34. The van der Waals surface area contributed by atoms with Crippen molar-refractivity contribution >= 4 is 34.2 Å². The van der Waals surface area contributed by atoms with Gasteiger partial charge in [-0.15, -0.1) is 12.4 Å². The topological polar surface area (TPSA) is 32.3 Å². The van der Waals surface area contributed by atoms with Crippen LogP contribution < -0.4 is 5.32 Å². The van der Waals surface area contributed by atoms with Gasteiger partial charge in [-0.05, 0) is 25.2 Å². The predicted octanol–water partition coefficient (Wildman–Crippen LogP) is 2.16. The Morgan fingerprint density at radius 2 is 2.19 bits per heavy atom. The molecule has 1 amide bonds. The number of benzene rings is 1. The van der Waals surface area contributed by atoms with Gasteiger partial charge >= 0.3 is 0 Å². The first-order valence-corrected chi connectivity index (χ1v) is 5.60. The average molecular weight is 308 g/mol. The van der Waals surface area contributed by atoms with Crippen molar-refractivity contribution in [1.29, 1.82) is 0 Å². The maximum atomic E-state index is 11.9. The number of carbonyl (C=O) groups excluding carboxylic acids is 1. The number of rotatable bonds is 4. The zero-order valence-electron chi connectivity index (χ0n) is 9.37. The van der Waals surface area contributed by atoms with E-state index in [1.54, 1.807) is 11.9 Å². The number of nitrogens with zero attached hydrogens (tertiary/aromatic N) is 1. The number of nitrogens with one attached hydrogen (secondary N) is 1. The fraction of sp³-hybridized carbons (Fsp3) is 0.364. The molecule has 16 heavy (non-hydrogen) atoms. The van der Waals surface area contributed by atoms with Crippen LogP contribution in [0.4, 0.5) is 0 Å². The number of carbonyl (C=O) groups is 1. The predicted molar refractivity (Wildman–Crippen MR) is 72.3 cm³/mol. The molecule has 0 spiro atoms. The van der Waals surface area contributed by atoms with E-state index in [1.165, 1.54) is 0 Å². The molecule has 0 aliphatic rings. The number of halogens is 2. The summed E-state index contributed by atoms with van der Waals surface area (Å²) in [5, 5.41) is 3.01. The Morgan fingerprint density at radius 3 is 2.75 bits per heavy atom. The molecule has 0 heterocycles. The van der Waals surface area contributed by atoms with Crippen LogP contribution in [0.15, 0.2) is 28.7 Å². The highest BCUT2D eigenvalue weighted by molar-refractivity contribution is 9.10. The molecular formula is C11H16BrClN2O. The molecule has 0 saturated heterocycles. The molecule has 90 valence electrons. The fourth-order valence-electron chi connectivity index (χ4n) is 1.22. The van der Waals surface area contributed by atoms with Crippen molar-refractivity contribution in [2.24, 2.45) is 0 Å². The molecule has 0 unspecified atom stereocenters. The molecule has 1 N–H and O–H groups in total. The molecule has 0 aliphatic heterocycles. The zero-order valence-corrected chi connectivity index (χ0v) is 11.8. The van der Waals surface area contributed by atoms with Crippen LogP contribution in [0.5, 0.6) is 0 Å². The van der Waals surface area contributed by atoms with Crippen molar-refractivity contribution < 1.29 is 4.79 Å². The third-order valence-electron chi connectivity index (χ3n) is 2.12. The van der Waals surface area contributed by atoms with E-state index < -0.39 is 0 Å². The van der Waals surface area contributed by atoms with Crippen molar-refractivity contribution in [1.82, 2.24) is 10.2 Å². The molecule has 5 heteroatoms. The van der Waals surface area contributed by atoms with E-state index in [2.05, 4.69) is 21.2 Å². The minimum atomic E-state index is 0. The Morgan fingerprint density at radius 1 is 1.50 bits per heavy atom. The standard InChI is InChI=1S/C11H15BrN2O.ClH/c1-13-6-7-14(2)11(15)9-4-3-5-10(12)8-9;/h3-5,8,13H,6-7H2,1-2H3;1H. The summed E-state index contributed by atoms with van der Waals surface area (Å²) in [6.07, 6.45) is 0. The molecule has 0 aromatic heterocycles. The quantitative estimate of drug-likeness (QED) is 0.924. The number of hydrogen-bond donors (Lipinski definition) is 1. The monoisotopic (exact) mass is 306 g/mol. The first-order valence-electron chi connectivity index (χ1n) is 4.81. The highest BCUT2D eigenvalue weighted by Gasteiger charge is 2.10. The van der Waals surface area contributed by atoms with Crippen molar-refractivity contribution in [2.45, 2.75) is 0 Å². The Labute approximate surface area is 111 Å². The summed E-state index contributed by atoms with van der Waals surface area (Å²) in [7, 11) is 3.68. The van der Waals surface area contributed by atoms with Crippen LogP contribution in [0, 0.1) is 0 Å². The van der Waals surface area contributed by atoms with Gasteiger partial charge in [0.25, 0.3) is 5.91 Å². The van der Waals surface area contributed by atoms with Crippen LogP contribution >= 0.6 is 28.3 Å². The van der Waals surface area contributed by atoms with E-state index >= 15 is 0 Å². The van der Waals surface area contributed by atoms with E-state index in [4.69, 9.17) is 0 Å². The Kier molecular flexibility index (Phi) is 7.38. The SMILES string of the molecule is CNCCN(C)C(=O)c1cccc(Br)c1.Cl. The second-order valence-corrected chi connectivity index (χ2v) is 4.26. The van der Waals surface area contributed by atoms with E-state index in [1.807, 2.05) is 31.3 Å². The van der Waals surface area contributed by atoms with Gasteiger partial charge in [0.2, 0.25) is 0 Å². The summed E-state index contributed by atoms with van der Waals surface area (Å²) >= 11 is 3.35. The lowest BCUT2D eigenvalue weighted by Crippen LogP contribution is -2.32. The molecule has 0 bridgehead atoms. The summed E-state index contributed by atoms with van der Waals surface area (Å²) in [6, 6.07) is 7.43. The van der Waals surface area contributed by atoms with Crippen LogP contribution in [-0.4, -0.2) is 38.0 Å². The van der Waals surface area contributed by atoms with Gasteiger partial charge in [0.1, 0.15) is 0 Å². The van der Waals surface area contributed by atoms with Gasteiger partial charge < -0.3 is 10.2 Å². The van der Waals surface area contributed by atoms with Gasteiger partial charge in [0, 0.05) is 30.2 Å². The highest BCUT2D eigenvalue weighted by atomic mass is 79.9. The van der Waals surface area contributed by atoms with Gasteiger partial charge in [0.15, 0.2) is 0 Å². The lowest BCUT2D eigenvalue weighted by Gasteiger charge is -2.16. The zero-order chi connectivity index (χ0) is 11.3. The largest absolute Gasteiger partial charge is 0.340 e. The maximum absolute atomic E-state index is 11.9. The van der Waals surface area contributed by atoms with E-state index in [-0.39, 0.29) is 18.3 Å². The van der Waals surface area contributed by atoms with E-state index in [9.17, 15) is 4.79 Å². The normalized spacial score (nSPS) is 9.44. The summed E-state index contributed by atoms with van der Waals surface area (Å²) in [5.74, 6) is 0.0477. The minimum Gasteiger partial charge on any atom is -0.340 e. The van der Waals surface area contributed by atoms with Crippen LogP contribution in [0.3, 0.4) is 0 Å². The molecule has 0 aliphatic carbocycles. The molecule has 1 rings (SSSR count). The Hall–Kier alpha value is -0.580. The average Bonchev–Trinajstić information content (AvgIpc) is 2.24. The lowest BCUT2D eigenvalue weighted by molar-refractivity contribution is 0.0797. The van der Waals surface area contributed by atoms with Gasteiger partial charge in [-0.1, -0.05) is 22.0 Å². The molecule has 0 saturated carbocycles. The summed E-state index contributed by atoms with van der Waals surface area (Å²) < 4.78 is 0.926. The fourth-order valence-corrected chi connectivity index (χ4v) is 1.62. The summed E-state index contributed by atoms with van der Waals surface area (Å²) in [5.41, 5.74) is 0.711. The van der Waals surface area contributed by atoms with Crippen molar-refractivity contribution in [3.63, 3.8) is 0 Å². The molecule has 0 atom stereocenters. The maximum Gasteiger partial charge on any atom is 0.253 e. The minimum absolute atomic E-state index is 0. The molecule has 1 aromatic carbocycles. The highest BCUT2D eigenvalue weighted by Crippen LogP contribution is 2.12. The van der Waals surface area contributed by atoms with Gasteiger partial charge in [-0.25, -0.2) is 0 Å². The first kappa shape index (κ1) is 15.4. The van der Waals surface area contributed by atoms with Gasteiger partial charge in [0.05, 0.1) is 0 Å². The molecule has 3 nitrogen and oxygen atoms in total. The lowest BCUT2D eigenvalue weighted by atomic mass is 10.2. The molecular weight excluding hydrogens is 291 g/mol. The van der Waals surface area contributed by atoms with Crippen molar-refractivity contribution in [2.75, 3.05) is 27.2 Å². The summed E-state index contributed by atoms with van der Waals surface area (Å²) in [6.45, 7) is 1.51. The van der Waals surface area contributed by atoms with Crippen LogP contribution in [0.2, 0.25) is 0 Å². The van der Waals surface area contributed by atoms with Crippen molar-refractivity contribution in [3.05, 3.63) is 34.3 Å². The van der Waals surface area contributed by atoms with Gasteiger partial charge in [-0.2, -0.15) is 0 Å². The van der Waals surface area contributed by atoms with Crippen molar-refractivity contribution in [3.8, 4) is 0 Å². The van der Waals surface area contributed by atoms with Crippen LogP contribution in [-0.2, 0) is 0 Å². The number of amides is 1. The van der Waals surface area contributed by atoms with Crippen LogP contribution in [0.25, 0.3) is 0 Å². The molecule has 0 fully saturated rings. The molecule has 1 aromatic rings. The Balaban J connectivity index is 0.00000225. The summed E-state index contributed by atoms with van der Waals surface area (Å²) in [4.78, 5) is 13.6. The first-order chi connectivity index (χ1) is 7.15. The van der Waals surface area contributed by atoms with Crippen LogP contribution in [0.1, 0.15) is 10.4 Å². The third kappa shape index (κ3) is 4.51. The Bertz CT molecular complexity index is 347. The smallest absolute Gasteiger partial charge is 0.253 e. The number of likely N-dealkylation sites (N-methyl/N-ethyl adjacent to an activating group) is 2. The van der Waals surface area contributed by atoms with E-state index in [0.29, 0.717) is 12.1 Å². The molecule has 0 radical (unpaired) electrons. The number of hydrogen-bond acceptors (Lipinski definition) is 2. The second kappa shape index (κ2) is 7.65. The van der Waals surface area contributed by atoms with Gasteiger partial charge in [-0.3, -0.25) is 4.79 Å². The third-order valence-corrected chi connectivity index (χ3v) is 2.61.